The molecule has 0 saturated heterocycles. The third-order valence-corrected chi connectivity index (χ3v) is 4.05. The lowest BCUT2D eigenvalue weighted by molar-refractivity contribution is 0.471. The van der Waals surface area contributed by atoms with Gasteiger partial charge in [0.1, 0.15) is 11.5 Å². The number of guanidine groups is 1. The Hall–Kier alpha value is -1.51. The summed E-state index contributed by atoms with van der Waals surface area (Å²) in [7, 11) is 5.81. The molecule has 2 aromatic rings. The monoisotopic (exact) mass is 459 g/mol. The summed E-state index contributed by atoms with van der Waals surface area (Å²) in [5, 5.41) is 7.98. The number of halogens is 1. The summed E-state index contributed by atoms with van der Waals surface area (Å²) < 4.78 is 7.46. The highest BCUT2D eigenvalue weighted by Crippen LogP contribution is 2.19. The number of furan rings is 1. The van der Waals surface area contributed by atoms with Crippen LogP contribution in [-0.4, -0.2) is 34.7 Å². The Morgan fingerprint density at radius 3 is 2.56 bits per heavy atom. The first-order valence-electron chi connectivity index (χ1n) is 8.32. The maximum absolute atomic E-state index is 5.58. The average Bonchev–Trinajstić information content (AvgIpc) is 3.02. The van der Waals surface area contributed by atoms with E-state index in [-0.39, 0.29) is 24.0 Å². The molecule has 0 fully saturated rings. The van der Waals surface area contributed by atoms with Crippen LogP contribution >= 0.6 is 24.0 Å². The van der Waals surface area contributed by atoms with Gasteiger partial charge in [0.05, 0.1) is 5.69 Å². The van der Waals surface area contributed by atoms with Gasteiger partial charge >= 0.3 is 0 Å². The molecule has 0 spiro atoms. The Balaban J connectivity index is 0.00000312. The van der Waals surface area contributed by atoms with Crippen molar-refractivity contribution < 1.29 is 4.42 Å². The zero-order valence-electron chi connectivity index (χ0n) is 16.3. The van der Waals surface area contributed by atoms with Crippen molar-refractivity contribution in [3.05, 3.63) is 40.6 Å². The molecular weight excluding hydrogens is 429 g/mol. The molecule has 6 nitrogen and oxygen atoms in total. The van der Waals surface area contributed by atoms with Crippen LogP contribution in [-0.2, 0) is 20.1 Å². The van der Waals surface area contributed by atoms with E-state index in [4.69, 9.17) is 4.42 Å². The lowest BCUT2D eigenvalue weighted by atomic mass is 10.1. The topological polar surface area (TPSA) is 58.6 Å². The fraction of sp³-hybridized carbons (Fsp3) is 0.556. The molecule has 0 aliphatic rings. The van der Waals surface area contributed by atoms with Gasteiger partial charge in [-0.05, 0) is 25.8 Å². The highest BCUT2D eigenvalue weighted by Gasteiger charge is 2.15. The molecule has 0 radical (unpaired) electrons. The molecule has 2 rings (SSSR count). The maximum atomic E-state index is 5.58. The van der Waals surface area contributed by atoms with Gasteiger partial charge in [-0.25, -0.2) is 0 Å². The molecule has 1 N–H and O–H groups in total. The van der Waals surface area contributed by atoms with E-state index in [0.717, 1.165) is 35.3 Å². The molecule has 0 unspecified atom stereocenters. The number of nitrogens with zero attached hydrogens (tertiary/aromatic N) is 4. The van der Waals surface area contributed by atoms with E-state index in [1.54, 1.807) is 7.05 Å². The molecule has 2 heterocycles. The van der Waals surface area contributed by atoms with Crippen molar-refractivity contribution in [1.29, 1.82) is 0 Å². The SMILES string of the molecule is CN=C(NCc1cc(C)oc1C)N(C)Cc1cn(C)nc1C(C)C.I. The predicted octanol–water partition coefficient (Wildman–Crippen LogP) is 3.58. The zero-order valence-corrected chi connectivity index (χ0v) is 18.6. The summed E-state index contributed by atoms with van der Waals surface area (Å²) in [6.07, 6.45) is 2.09. The fourth-order valence-corrected chi connectivity index (χ4v) is 2.91. The Labute approximate surface area is 167 Å². The first-order chi connectivity index (χ1) is 11.3. The molecule has 0 aliphatic carbocycles. The number of hydrogen-bond acceptors (Lipinski definition) is 3. The van der Waals surface area contributed by atoms with Crippen LogP contribution in [0.3, 0.4) is 0 Å². The Morgan fingerprint density at radius 1 is 1.36 bits per heavy atom. The van der Waals surface area contributed by atoms with Gasteiger partial charge in [0.25, 0.3) is 0 Å². The van der Waals surface area contributed by atoms with Crippen LogP contribution in [0, 0.1) is 13.8 Å². The van der Waals surface area contributed by atoms with E-state index in [1.807, 2.05) is 32.6 Å². The predicted molar refractivity (Wildman–Crippen MR) is 113 cm³/mol. The Morgan fingerprint density at radius 2 is 2.04 bits per heavy atom. The van der Waals surface area contributed by atoms with Crippen molar-refractivity contribution >= 4 is 29.9 Å². The maximum Gasteiger partial charge on any atom is 0.193 e. The third-order valence-electron chi connectivity index (χ3n) is 4.05. The quantitative estimate of drug-likeness (QED) is 0.422. The van der Waals surface area contributed by atoms with Crippen molar-refractivity contribution in [3.8, 4) is 0 Å². The van der Waals surface area contributed by atoms with Crippen LogP contribution in [0.5, 0.6) is 0 Å². The van der Waals surface area contributed by atoms with Gasteiger partial charge in [-0.3, -0.25) is 9.67 Å². The summed E-state index contributed by atoms with van der Waals surface area (Å²) in [6.45, 7) is 9.76. The minimum absolute atomic E-state index is 0. The normalized spacial score (nSPS) is 11.6. The van der Waals surface area contributed by atoms with Crippen molar-refractivity contribution in [3.63, 3.8) is 0 Å². The second-order valence-corrected chi connectivity index (χ2v) is 6.56. The molecule has 0 amide bonds. The standard InChI is InChI=1S/C18H29N5O.HI/c1-12(2)17-16(11-23(7)21-17)10-22(6)18(19-5)20-9-15-8-13(3)24-14(15)4;/h8,11-12H,9-10H2,1-7H3,(H,19,20);1H. The second-order valence-electron chi connectivity index (χ2n) is 6.56. The van der Waals surface area contributed by atoms with Crippen LogP contribution < -0.4 is 5.32 Å². The number of nitrogens with one attached hydrogen (secondary N) is 1. The lowest BCUT2D eigenvalue weighted by Crippen LogP contribution is -2.38. The van der Waals surface area contributed by atoms with Crippen LogP contribution in [0.4, 0.5) is 0 Å². The molecule has 0 saturated carbocycles. The van der Waals surface area contributed by atoms with Crippen LogP contribution in [0.15, 0.2) is 21.7 Å². The number of aliphatic imine (C=N–C) groups is 1. The number of aromatic nitrogens is 2. The first kappa shape index (κ1) is 21.5. The van der Waals surface area contributed by atoms with Gasteiger partial charge in [-0.1, -0.05) is 13.8 Å². The Kier molecular flexibility index (Phi) is 7.98. The molecule has 2 aromatic heterocycles. The van der Waals surface area contributed by atoms with Gasteiger partial charge < -0.3 is 14.6 Å². The zero-order chi connectivity index (χ0) is 17.9. The van der Waals surface area contributed by atoms with Gasteiger partial charge in [0.2, 0.25) is 0 Å². The van der Waals surface area contributed by atoms with E-state index in [0.29, 0.717) is 12.5 Å². The van der Waals surface area contributed by atoms with E-state index in [9.17, 15) is 0 Å². The molecule has 140 valence electrons. The van der Waals surface area contributed by atoms with Gasteiger partial charge in [-0.15, -0.1) is 24.0 Å². The first-order valence-corrected chi connectivity index (χ1v) is 8.32. The highest BCUT2D eigenvalue weighted by atomic mass is 127. The summed E-state index contributed by atoms with van der Waals surface area (Å²) in [5.74, 6) is 3.14. The third kappa shape index (κ3) is 5.49. The van der Waals surface area contributed by atoms with E-state index in [1.165, 1.54) is 5.56 Å². The molecule has 0 aromatic carbocycles. The lowest BCUT2D eigenvalue weighted by Gasteiger charge is -2.22. The molecule has 0 bridgehead atoms. The summed E-state index contributed by atoms with van der Waals surface area (Å²) >= 11 is 0. The highest BCUT2D eigenvalue weighted by molar-refractivity contribution is 14.0. The van der Waals surface area contributed by atoms with Crippen LogP contribution in [0.1, 0.15) is 48.1 Å². The summed E-state index contributed by atoms with van der Waals surface area (Å²) in [6, 6.07) is 2.06. The number of rotatable bonds is 5. The molecule has 7 heteroatoms. The molecule has 0 aliphatic heterocycles. The minimum Gasteiger partial charge on any atom is -0.466 e. The van der Waals surface area contributed by atoms with Crippen molar-refractivity contribution in [2.75, 3.05) is 14.1 Å². The summed E-state index contributed by atoms with van der Waals surface area (Å²) in [4.78, 5) is 6.51. The van der Waals surface area contributed by atoms with Gasteiger partial charge in [-0.2, -0.15) is 5.10 Å². The average molecular weight is 459 g/mol. The van der Waals surface area contributed by atoms with Crippen LogP contribution in [0.2, 0.25) is 0 Å². The number of aryl methyl sites for hydroxylation is 3. The van der Waals surface area contributed by atoms with Gasteiger partial charge in [0.15, 0.2) is 5.96 Å². The van der Waals surface area contributed by atoms with Gasteiger partial charge in [0, 0.05) is 51.6 Å². The van der Waals surface area contributed by atoms with E-state index in [2.05, 4.69) is 46.4 Å². The molecule has 25 heavy (non-hydrogen) atoms. The molecular formula is C18H30IN5O. The smallest absolute Gasteiger partial charge is 0.193 e. The van der Waals surface area contributed by atoms with Crippen LogP contribution in [0.25, 0.3) is 0 Å². The minimum atomic E-state index is 0. The van der Waals surface area contributed by atoms with E-state index >= 15 is 0 Å². The fourth-order valence-electron chi connectivity index (χ4n) is 2.91. The Bertz CT molecular complexity index is 717. The van der Waals surface area contributed by atoms with Crippen molar-refractivity contribution in [1.82, 2.24) is 20.0 Å². The molecule has 0 atom stereocenters. The van der Waals surface area contributed by atoms with Crippen molar-refractivity contribution in [2.24, 2.45) is 12.0 Å². The largest absolute Gasteiger partial charge is 0.466 e. The van der Waals surface area contributed by atoms with E-state index < -0.39 is 0 Å². The van der Waals surface area contributed by atoms with Crippen molar-refractivity contribution in [2.45, 2.75) is 46.7 Å². The number of hydrogen-bond donors (Lipinski definition) is 1. The summed E-state index contributed by atoms with van der Waals surface area (Å²) in [5.41, 5.74) is 3.53. The second kappa shape index (κ2) is 9.26.